The number of rotatable bonds is 12. The van der Waals surface area contributed by atoms with Gasteiger partial charge in [-0.3, -0.25) is 0 Å². The van der Waals surface area contributed by atoms with Gasteiger partial charge in [-0.15, -0.1) is 39.5 Å². The van der Waals surface area contributed by atoms with E-state index in [9.17, 15) is 39.5 Å². The first-order chi connectivity index (χ1) is 27.0. The summed E-state index contributed by atoms with van der Waals surface area (Å²) in [6.07, 6.45) is 9.20. The van der Waals surface area contributed by atoms with Crippen LogP contribution in [0.3, 0.4) is 0 Å². The number of hydrogen-bond donors (Lipinski definition) is 0. The van der Waals surface area contributed by atoms with E-state index >= 15 is 0 Å². The van der Waals surface area contributed by atoms with E-state index in [4.69, 9.17) is 0 Å². The van der Waals surface area contributed by atoms with E-state index < -0.39 is 47.9 Å². The van der Waals surface area contributed by atoms with E-state index in [1.54, 1.807) is 54.6 Å². The summed E-state index contributed by atoms with van der Waals surface area (Å²) in [6, 6.07) is 21.3. The summed E-state index contributed by atoms with van der Waals surface area (Å²) in [5, 5.41) is 2.45. The number of unbranched alkanes of at least 4 members (excludes halogenated alkanes) is 3. The van der Waals surface area contributed by atoms with Crippen LogP contribution < -0.4 is 14.1 Å². The standard InChI is InChI=1S/3C15H18F3S.3FH/c3*1-3-5-8-12-10-13-11(4-2)7-6-9-14(13)19(12)15(16,17)18;;;/h3*6-7,9-10H,3-5,8H2,1-2H3;3*1H/q3*+1;;;/p-3. The summed E-state index contributed by atoms with van der Waals surface area (Å²) >= 11 is 0. The molecule has 0 radical (unpaired) electrons. The number of halogens is 12. The highest BCUT2D eigenvalue weighted by atomic mass is 32.2. The van der Waals surface area contributed by atoms with Gasteiger partial charge < -0.3 is 14.1 Å². The van der Waals surface area contributed by atoms with Gasteiger partial charge in [-0.1, -0.05) is 97.2 Å². The lowest BCUT2D eigenvalue weighted by Crippen LogP contribution is -3.00. The molecule has 3 heterocycles. The lowest BCUT2D eigenvalue weighted by Gasteiger charge is -2.00. The first-order valence-corrected chi connectivity index (χ1v) is 23.5. The first-order valence-electron chi connectivity index (χ1n) is 19.9. The molecule has 0 bridgehead atoms. The normalized spacial score (nSPS) is 12.6. The molecule has 0 saturated heterocycles. The molecule has 0 N–H and O–H groups in total. The largest absolute Gasteiger partial charge is 1.00 e. The minimum Gasteiger partial charge on any atom is -1.00 e. The van der Waals surface area contributed by atoms with Crippen LogP contribution in [0.15, 0.2) is 72.8 Å². The van der Waals surface area contributed by atoms with Crippen LogP contribution in [0.1, 0.15) is 111 Å². The van der Waals surface area contributed by atoms with Crippen molar-refractivity contribution in [2.24, 2.45) is 0 Å². The average Bonchev–Trinajstić information content (AvgIpc) is 3.86. The van der Waals surface area contributed by atoms with Crippen molar-refractivity contribution in [3.63, 3.8) is 0 Å². The first kappa shape index (κ1) is 54.7. The molecule has 0 nitrogen and oxygen atoms in total. The second kappa shape index (κ2) is 23.8. The molecule has 3 unspecified atom stereocenters. The minimum atomic E-state index is -4.16. The van der Waals surface area contributed by atoms with Crippen LogP contribution >= 0.6 is 31.4 Å². The van der Waals surface area contributed by atoms with E-state index in [1.165, 1.54) is 0 Å². The highest BCUT2D eigenvalue weighted by Crippen LogP contribution is 2.54. The smallest absolute Gasteiger partial charge is 0.600 e. The molecule has 15 heteroatoms. The maximum Gasteiger partial charge on any atom is 0.600 e. The number of aryl methyl sites for hydroxylation is 6. The van der Waals surface area contributed by atoms with Crippen LogP contribution in [0.25, 0.3) is 30.3 Å². The van der Waals surface area contributed by atoms with E-state index in [0.29, 0.717) is 48.0 Å². The molecule has 0 fully saturated rings. The maximum atomic E-state index is 13.3. The Kier molecular flexibility index (Phi) is 21.7. The highest BCUT2D eigenvalue weighted by molar-refractivity contribution is 7.39. The Morgan fingerprint density at radius 3 is 0.800 bits per heavy atom. The van der Waals surface area contributed by atoms with Gasteiger partial charge in [-0.25, -0.2) is 0 Å². The molecular weight excluding hydrogens is 865 g/mol. The third-order valence-electron chi connectivity index (χ3n) is 10.00. The molecule has 0 amide bonds. The topological polar surface area (TPSA) is 0 Å². The molecule has 6 aromatic rings. The van der Waals surface area contributed by atoms with Gasteiger partial charge in [0.25, 0.3) is 0 Å². The summed E-state index contributed by atoms with van der Waals surface area (Å²) in [5.41, 5.74) is -9.41. The molecule has 0 spiro atoms. The zero-order valence-electron chi connectivity index (χ0n) is 34.7. The van der Waals surface area contributed by atoms with Crippen LogP contribution in [-0.2, 0) is 55.0 Å². The van der Waals surface area contributed by atoms with Gasteiger partial charge in [0.1, 0.15) is 0 Å². The lowest BCUT2D eigenvalue weighted by atomic mass is 10.1. The number of hydrogen-bond acceptors (Lipinski definition) is 0. The van der Waals surface area contributed by atoms with Crippen molar-refractivity contribution in [1.29, 1.82) is 0 Å². The van der Waals surface area contributed by atoms with Crippen molar-refractivity contribution in [1.82, 2.24) is 0 Å². The van der Waals surface area contributed by atoms with Crippen LogP contribution in [0.4, 0.5) is 39.5 Å². The van der Waals surface area contributed by atoms with Crippen molar-refractivity contribution >= 4 is 61.7 Å². The molecule has 0 saturated carbocycles. The molecule has 3 atom stereocenters. The number of alkyl halides is 9. The number of thiophene rings is 3. The fourth-order valence-corrected chi connectivity index (χ4v) is 13.3. The summed E-state index contributed by atoms with van der Waals surface area (Å²) in [7, 11) is -5.13. The van der Waals surface area contributed by atoms with Crippen molar-refractivity contribution in [2.45, 2.75) is 135 Å². The Bertz CT molecular complexity index is 1950. The van der Waals surface area contributed by atoms with Crippen LogP contribution in [0, 0.1) is 0 Å². The van der Waals surface area contributed by atoms with Crippen LogP contribution in [0.2, 0.25) is 0 Å². The second-order valence-corrected chi connectivity index (χ2v) is 20.1. The summed E-state index contributed by atoms with van der Waals surface area (Å²) < 4.78 is 121. The van der Waals surface area contributed by atoms with Gasteiger partial charge in [-0.05, 0) is 73.4 Å². The predicted molar refractivity (Wildman–Crippen MR) is 227 cm³/mol. The highest BCUT2D eigenvalue weighted by Gasteiger charge is 2.49. The second-order valence-electron chi connectivity index (χ2n) is 13.9. The van der Waals surface area contributed by atoms with Gasteiger partial charge in [0.05, 0.1) is 31.4 Å². The Hall–Kier alpha value is -3.30. The van der Waals surface area contributed by atoms with Crippen LogP contribution in [-0.4, -0.2) is 0 Å². The molecule has 336 valence electrons. The molecule has 0 aliphatic carbocycles. The molecule has 0 aliphatic heterocycles. The summed E-state index contributed by atoms with van der Waals surface area (Å²) in [4.78, 5) is 1.68. The Labute approximate surface area is 353 Å². The third kappa shape index (κ3) is 12.9. The SMILES string of the molecule is CCCCc1cc2c(CC)cccc2[s+]1C(F)(F)F.CCCCc1cc2c(CC)cccc2[s+]1C(F)(F)F.CCCCc1cc2c(CC)cccc2[s+]1C(F)(F)F.[F-].[F-].[F-]. The molecule has 6 rings (SSSR count). The van der Waals surface area contributed by atoms with E-state index in [0.717, 1.165) is 90.6 Å². The maximum absolute atomic E-state index is 13.3. The van der Waals surface area contributed by atoms with Gasteiger partial charge in [-0.2, -0.15) is 0 Å². The predicted octanol–water partition coefficient (Wildman–Crippen LogP) is 8.92. The van der Waals surface area contributed by atoms with Crippen LogP contribution in [0.5, 0.6) is 0 Å². The molecule has 3 aromatic carbocycles. The molecule has 3 aromatic heterocycles. The fourth-order valence-electron chi connectivity index (χ4n) is 7.20. The summed E-state index contributed by atoms with van der Waals surface area (Å²) in [6.45, 7) is 12.0. The van der Waals surface area contributed by atoms with Gasteiger partial charge in [0, 0.05) is 53.6 Å². The van der Waals surface area contributed by atoms with Gasteiger partial charge in [0.2, 0.25) is 0 Å². The Morgan fingerprint density at radius 2 is 0.617 bits per heavy atom. The van der Waals surface area contributed by atoms with Gasteiger partial charge in [0.15, 0.2) is 28.7 Å². The van der Waals surface area contributed by atoms with Crippen molar-refractivity contribution < 1.29 is 53.6 Å². The monoisotopic (exact) mass is 918 g/mol. The fraction of sp³-hybridized carbons (Fsp3) is 0.467. The number of benzene rings is 3. The van der Waals surface area contributed by atoms with Gasteiger partial charge >= 0.3 is 16.5 Å². The van der Waals surface area contributed by atoms with E-state index in [1.807, 2.05) is 59.7 Å². The minimum absolute atomic E-state index is 0. The molecular formula is C45H54F12S3. The Morgan fingerprint density at radius 1 is 0.383 bits per heavy atom. The average molecular weight is 919 g/mol. The van der Waals surface area contributed by atoms with E-state index in [-0.39, 0.29) is 14.1 Å². The zero-order chi connectivity index (χ0) is 42.1. The van der Waals surface area contributed by atoms with Crippen molar-refractivity contribution in [3.05, 3.63) is 104 Å². The molecule has 0 aliphatic rings. The number of fused-ring (bicyclic) bond motifs is 3. The van der Waals surface area contributed by atoms with Crippen molar-refractivity contribution in [3.8, 4) is 0 Å². The summed E-state index contributed by atoms with van der Waals surface area (Å²) in [5.74, 6) is 0. The van der Waals surface area contributed by atoms with E-state index in [2.05, 4.69) is 0 Å². The quantitative estimate of drug-likeness (QED) is 0.0851. The van der Waals surface area contributed by atoms with Crippen molar-refractivity contribution in [2.75, 3.05) is 0 Å². The third-order valence-corrected chi connectivity index (χ3v) is 16.3. The lowest BCUT2D eigenvalue weighted by molar-refractivity contribution is -0.0876. The Balaban J connectivity index is 0.000000439. The molecule has 60 heavy (non-hydrogen) atoms. The zero-order valence-corrected chi connectivity index (χ0v) is 37.1.